The smallest absolute Gasteiger partial charge is 0.369 e. The Hall–Kier alpha value is -2.16. The maximum atomic E-state index is 12.2. The molecule has 0 radical (unpaired) electrons. The number of ether oxygens (including phenoxy) is 1. The Morgan fingerprint density at radius 1 is 1.12 bits per heavy atom. The fourth-order valence-electron chi connectivity index (χ4n) is 2.79. The minimum absolute atomic E-state index is 0.115. The van der Waals surface area contributed by atoms with E-state index >= 15 is 0 Å². The van der Waals surface area contributed by atoms with Gasteiger partial charge in [0.25, 0.3) is 0 Å². The van der Waals surface area contributed by atoms with Crippen molar-refractivity contribution in [3.63, 3.8) is 0 Å². The van der Waals surface area contributed by atoms with Gasteiger partial charge in [0, 0.05) is 6.04 Å². The lowest BCUT2D eigenvalue weighted by atomic mass is 9.93. The van der Waals surface area contributed by atoms with Crippen molar-refractivity contribution >= 4 is 5.95 Å². The van der Waals surface area contributed by atoms with E-state index in [9.17, 15) is 13.2 Å². The summed E-state index contributed by atoms with van der Waals surface area (Å²) < 4.78 is 43.1. The Balaban J connectivity index is 1.53. The fraction of sp³-hybridized carbons (Fsp3) is 0.533. The van der Waals surface area contributed by atoms with Crippen LogP contribution in [0.1, 0.15) is 25.7 Å². The van der Waals surface area contributed by atoms with Gasteiger partial charge in [-0.05, 0) is 48.2 Å². The molecule has 1 aliphatic carbocycles. The zero-order valence-corrected chi connectivity index (χ0v) is 12.9. The van der Waals surface area contributed by atoms with Gasteiger partial charge in [0.1, 0.15) is 6.61 Å². The normalized spacial score (nSPS) is 21.6. The van der Waals surface area contributed by atoms with Gasteiger partial charge in [-0.2, -0.15) is 17.9 Å². The average molecular weight is 341 g/mol. The van der Waals surface area contributed by atoms with Crippen molar-refractivity contribution in [3.05, 3.63) is 30.3 Å². The van der Waals surface area contributed by atoms with Crippen LogP contribution in [0.25, 0.3) is 5.69 Å². The van der Waals surface area contributed by atoms with Crippen LogP contribution in [0, 0.1) is 0 Å². The number of tetrazole rings is 1. The first-order chi connectivity index (χ1) is 11.5. The summed E-state index contributed by atoms with van der Waals surface area (Å²) in [5.41, 5.74) is 0.840. The highest BCUT2D eigenvalue weighted by atomic mass is 19.4. The lowest BCUT2D eigenvalue weighted by Crippen LogP contribution is -2.32. The molecule has 1 fully saturated rings. The van der Waals surface area contributed by atoms with E-state index in [1.165, 1.54) is 0 Å². The van der Waals surface area contributed by atoms with Crippen LogP contribution in [0.2, 0.25) is 0 Å². The predicted octanol–water partition coefficient (Wildman–Crippen LogP) is 2.96. The quantitative estimate of drug-likeness (QED) is 0.906. The average Bonchev–Trinajstić information content (AvgIpc) is 3.02. The zero-order chi connectivity index (χ0) is 17.0. The maximum Gasteiger partial charge on any atom is 0.411 e. The van der Waals surface area contributed by atoms with E-state index in [1.54, 1.807) is 4.68 Å². The molecular weight excluding hydrogens is 323 g/mol. The highest BCUT2D eigenvalue weighted by Crippen LogP contribution is 2.26. The molecule has 1 N–H and O–H groups in total. The van der Waals surface area contributed by atoms with Crippen molar-refractivity contribution in [1.29, 1.82) is 0 Å². The Morgan fingerprint density at radius 3 is 2.50 bits per heavy atom. The number of para-hydroxylation sites is 1. The molecule has 9 heteroatoms. The van der Waals surface area contributed by atoms with Gasteiger partial charge in [-0.3, -0.25) is 0 Å². The number of nitrogens with one attached hydrogen (secondary N) is 1. The van der Waals surface area contributed by atoms with Gasteiger partial charge in [-0.25, -0.2) is 0 Å². The van der Waals surface area contributed by atoms with Gasteiger partial charge in [0.2, 0.25) is 5.95 Å². The van der Waals surface area contributed by atoms with Gasteiger partial charge in [-0.1, -0.05) is 23.3 Å². The Morgan fingerprint density at radius 2 is 1.83 bits per heavy atom. The van der Waals surface area contributed by atoms with Gasteiger partial charge in [0.15, 0.2) is 0 Å². The minimum Gasteiger partial charge on any atom is -0.369 e. The fourth-order valence-corrected chi connectivity index (χ4v) is 2.79. The van der Waals surface area contributed by atoms with Crippen molar-refractivity contribution in [1.82, 2.24) is 20.2 Å². The molecule has 0 spiro atoms. The molecule has 0 aliphatic heterocycles. The molecule has 2 aromatic rings. The standard InChI is InChI=1S/C15H18F3N5O/c16-15(17,18)10-24-13-8-6-11(7-9-13)19-14-20-21-22-23(14)12-4-2-1-3-5-12/h1-5,11,13H,6-10H2,(H,19,20,22). The van der Waals surface area contributed by atoms with Crippen molar-refractivity contribution in [2.24, 2.45) is 0 Å². The van der Waals surface area contributed by atoms with E-state index < -0.39 is 12.8 Å². The van der Waals surface area contributed by atoms with Gasteiger partial charge in [0.05, 0.1) is 11.8 Å². The lowest BCUT2D eigenvalue weighted by molar-refractivity contribution is -0.187. The van der Waals surface area contributed by atoms with Crippen LogP contribution in [0.4, 0.5) is 19.1 Å². The first-order valence-electron chi connectivity index (χ1n) is 7.80. The molecule has 0 saturated heterocycles. The molecule has 130 valence electrons. The maximum absolute atomic E-state index is 12.2. The highest BCUT2D eigenvalue weighted by molar-refractivity contribution is 5.38. The van der Waals surface area contributed by atoms with Crippen molar-refractivity contribution in [2.75, 3.05) is 11.9 Å². The van der Waals surface area contributed by atoms with E-state index in [0.29, 0.717) is 31.6 Å². The summed E-state index contributed by atoms with van der Waals surface area (Å²) in [6.45, 7) is -1.18. The Kier molecular flexibility index (Phi) is 4.98. The summed E-state index contributed by atoms with van der Waals surface area (Å²) in [6, 6.07) is 9.59. The molecule has 3 rings (SSSR count). The molecule has 6 nitrogen and oxygen atoms in total. The first kappa shape index (κ1) is 16.7. The predicted molar refractivity (Wildman–Crippen MR) is 80.8 cm³/mol. The molecular formula is C15H18F3N5O. The number of aromatic nitrogens is 4. The summed E-state index contributed by atoms with van der Waals surface area (Å²) >= 11 is 0. The molecule has 0 atom stereocenters. The number of rotatable bonds is 5. The largest absolute Gasteiger partial charge is 0.411 e. The number of hydrogen-bond donors (Lipinski definition) is 1. The molecule has 1 aliphatic rings. The summed E-state index contributed by atoms with van der Waals surface area (Å²) in [7, 11) is 0. The van der Waals surface area contributed by atoms with Crippen molar-refractivity contribution in [2.45, 2.75) is 44.0 Å². The zero-order valence-electron chi connectivity index (χ0n) is 12.9. The molecule has 1 aromatic carbocycles. The Bertz CT molecular complexity index is 638. The third-order valence-corrected chi connectivity index (χ3v) is 3.96. The van der Waals surface area contributed by atoms with Crippen LogP contribution in [0.5, 0.6) is 0 Å². The number of benzene rings is 1. The number of hydrogen-bond acceptors (Lipinski definition) is 5. The molecule has 24 heavy (non-hydrogen) atoms. The SMILES string of the molecule is FC(F)(F)COC1CCC(Nc2nnnn2-c2ccccc2)CC1. The lowest BCUT2D eigenvalue weighted by Gasteiger charge is -2.29. The van der Waals surface area contributed by atoms with Gasteiger partial charge >= 0.3 is 6.18 Å². The summed E-state index contributed by atoms with van der Waals surface area (Å²) in [6.07, 6.45) is -2.02. The number of halogens is 3. The Labute approximate surface area is 137 Å². The van der Waals surface area contributed by atoms with Crippen LogP contribution in [0.3, 0.4) is 0 Å². The monoisotopic (exact) mass is 341 g/mol. The third kappa shape index (κ3) is 4.44. The molecule has 1 heterocycles. The third-order valence-electron chi connectivity index (χ3n) is 3.96. The van der Waals surface area contributed by atoms with Crippen molar-refractivity contribution in [3.8, 4) is 5.69 Å². The first-order valence-corrected chi connectivity index (χ1v) is 7.80. The van der Waals surface area contributed by atoms with Gasteiger partial charge < -0.3 is 10.1 Å². The summed E-state index contributed by atoms with van der Waals surface area (Å²) in [5.74, 6) is 0.529. The molecule has 0 amide bonds. The number of anilines is 1. The van der Waals surface area contributed by atoms with Crippen LogP contribution >= 0.6 is 0 Å². The summed E-state index contributed by atoms with van der Waals surface area (Å²) in [4.78, 5) is 0. The van der Waals surface area contributed by atoms with Crippen LogP contribution in [0.15, 0.2) is 30.3 Å². The van der Waals surface area contributed by atoms with E-state index in [-0.39, 0.29) is 12.1 Å². The minimum atomic E-state index is -4.27. The van der Waals surface area contributed by atoms with Crippen molar-refractivity contribution < 1.29 is 17.9 Å². The van der Waals surface area contributed by atoms with E-state index in [0.717, 1.165) is 5.69 Å². The molecule has 0 unspecified atom stereocenters. The second-order valence-corrected chi connectivity index (χ2v) is 5.79. The molecule has 1 saturated carbocycles. The number of alkyl halides is 3. The van der Waals surface area contributed by atoms with E-state index in [2.05, 4.69) is 20.8 Å². The van der Waals surface area contributed by atoms with Gasteiger partial charge in [-0.15, -0.1) is 0 Å². The van der Waals surface area contributed by atoms with Crippen LogP contribution in [-0.4, -0.2) is 45.1 Å². The van der Waals surface area contributed by atoms with Crippen LogP contribution < -0.4 is 5.32 Å². The van der Waals surface area contributed by atoms with Crippen LogP contribution in [-0.2, 0) is 4.74 Å². The van der Waals surface area contributed by atoms with E-state index in [1.807, 2.05) is 30.3 Å². The topological polar surface area (TPSA) is 64.9 Å². The highest BCUT2D eigenvalue weighted by Gasteiger charge is 2.31. The molecule has 1 aromatic heterocycles. The molecule has 0 bridgehead atoms. The second kappa shape index (κ2) is 7.16. The number of nitrogens with zero attached hydrogens (tertiary/aromatic N) is 4. The van der Waals surface area contributed by atoms with E-state index in [4.69, 9.17) is 4.74 Å². The second-order valence-electron chi connectivity index (χ2n) is 5.79. The summed E-state index contributed by atoms with van der Waals surface area (Å²) in [5, 5.41) is 14.9.